The quantitative estimate of drug-likeness (QED) is 0.814. The first-order chi connectivity index (χ1) is 11.3. The van der Waals surface area contributed by atoms with E-state index in [1.807, 2.05) is 25.1 Å². The zero-order valence-electron chi connectivity index (χ0n) is 15.0. The minimum Gasteiger partial charge on any atom is -0.325 e. The number of Topliss-reactive ketones (excluding diaryl/α,β-unsaturated/α-hetero) is 1. The van der Waals surface area contributed by atoms with E-state index in [-0.39, 0.29) is 0 Å². The molecular formula is C20H25N3O. The van der Waals surface area contributed by atoms with Crippen LogP contribution < -0.4 is 0 Å². The molecule has 2 aliphatic rings. The van der Waals surface area contributed by atoms with Gasteiger partial charge in [-0.1, -0.05) is 13.8 Å². The molecule has 4 rings (SSSR count). The average molecular weight is 323 g/mol. The van der Waals surface area contributed by atoms with Gasteiger partial charge in [0.25, 0.3) is 0 Å². The number of aromatic nitrogens is 2. The number of nitrogens with zero attached hydrogens (tertiary/aromatic N) is 3. The third-order valence-corrected chi connectivity index (χ3v) is 5.44. The number of aryl methyl sites for hydroxylation is 1. The van der Waals surface area contributed by atoms with Crippen molar-refractivity contribution in [3.63, 3.8) is 0 Å². The fourth-order valence-corrected chi connectivity index (χ4v) is 3.55. The van der Waals surface area contributed by atoms with Crippen molar-refractivity contribution in [2.75, 3.05) is 0 Å². The monoisotopic (exact) mass is 323 g/mol. The van der Waals surface area contributed by atoms with E-state index < -0.39 is 0 Å². The number of imidazole rings is 1. The Balaban J connectivity index is 0.000000179. The van der Waals surface area contributed by atoms with Crippen LogP contribution >= 0.6 is 0 Å². The normalized spacial score (nSPS) is 21.4. The number of carbonyl (C=O) groups is 1. The summed E-state index contributed by atoms with van der Waals surface area (Å²) < 4.78 is 2.29. The molecule has 4 heteroatoms. The van der Waals surface area contributed by atoms with Gasteiger partial charge in [-0.15, -0.1) is 0 Å². The molecule has 126 valence electrons. The molecule has 2 aromatic rings. The maximum absolute atomic E-state index is 10.6. The Morgan fingerprint density at radius 1 is 1.38 bits per heavy atom. The van der Waals surface area contributed by atoms with Gasteiger partial charge in [0, 0.05) is 12.0 Å². The van der Waals surface area contributed by atoms with Gasteiger partial charge in [-0.25, -0.2) is 4.98 Å². The Morgan fingerprint density at radius 2 is 2.04 bits per heavy atom. The first-order valence-corrected chi connectivity index (χ1v) is 8.72. The highest BCUT2D eigenvalue weighted by molar-refractivity contribution is 5.82. The zero-order chi connectivity index (χ0) is 17.5. The van der Waals surface area contributed by atoms with Crippen molar-refractivity contribution in [2.24, 2.45) is 11.3 Å². The van der Waals surface area contributed by atoms with Crippen molar-refractivity contribution in [1.82, 2.24) is 9.55 Å². The van der Waals surface area contributed by atoms with Crippen molar-refractivity contribution >= 4 is 16.8 Å². The summed E-state index contributed by atoms with van der Waals surface area (Å²) in [5.41, 5.74) is 3.17. The molecular weight excluding hydrogens is 298 g/mol. The Kier molecular flexibility index (Phi) is 4.21. The van der Waals surface area contributed by atoms with Crippen LogP contribution in [0.1, 0.15) is 63.9 Å². The summed E-state index contributed by atoms with van der Waals surface area (Å²) in [4.78, 5) is 15.2. The van der Waals surface area contributed by atoms with Crippen molar-refractivity contribution in [3.8, 4) is 6.07 Å². The Bertz CT molecular complexity index is 821. The highest BCUT2D eigenvalue weighted by atomic mass is 16.1. The van der Waals surface area contributed by atoms with Crippen LogP contribution in [0.2, 0.25) is 0 Å². The molecule has 0 saturated heterocycles. The molecule has 0 aliphatic heterocycles. The van der Waals surface area contributed by atoms with Crippen LogP contribution in [0, 0.1) is 29.6 Å². The van der Waals surface area contributed by atoms with Gasteiger partial charge in [0.1, 0.15) is 11.6 Å². The Morgan fingerprint density at radius 3 is 2.46 bits per heavy atom. The molecule has 0 radical (unpaired) electrons. The van der Waals surface area contributed by atoms with Gasteiger partial charge in [0.2, 0.25) is 0 Å². The Labute approximate surface area is 143 Å². The smallest absolute Gasteiger partial charge is 0.133 e. The second-order valence-electron chi connectivity index (χ2n) is 7.78. The molecule has 1 aromatic carbocycles. The van der Waals surface area contributed by atoms with Crippen LogP contribution in [0.5, 0.6) is 0 Å². The third-order valence-electron chi connectivity index (χ3n) is 5.44. The summed E-state index contributed by atoms with van der Waals surface area (Å²) in [5.74, 6) is 1.80. The van der Waals surface area contributed by atoms with Gasteiger partial charge in [-0.3, -0.25) is 4.79 Å². The molecule has 1 atom stereocenters. The van der Waals surface area contributed by atoms with Gasteiger partial charge in [0.15, 0.2) is 0 Å². The second-order valence-corrected chi connectivity index (χ2v) is 7.78. The van der Waals surface area contributed by atoms with E-state index in [1.165, 1.54) is 19.3 Å². The highest BCUT2D eigenvalue weighted by Gasteiger charge is 2.48. The van der Waals surface area contributed by atoms with E-state index in [0.29, 0.717) is 28.7 Å². The molecule has 0 N–H and O–H groups in total. The van der Waals surface area contributed by atoms with E-state index in [1.54, 1.807) is 6.92 Å². The summed E-state index contributed by atoms with van der Waals surface area (Å²) in [6.45, 7) is 8.00. The van der Waals surface area contributed by atoms with Crippen molar-refractivity contribution in [1.29, 1.82) is 5.26 Å². The minimum absolute atomic E-state index is 0.339. The molecule has 0 bridgehead atoms. The van der Waals surface area contributed by atoms with Crippen LogP contribution in [-0.4, -0.2) is 15.3 Å². The molecule has 2 aliphatic carbocycles. The molecule has 1 unspecified atom stereocenters. The number of fused-ring (bicyclic) bond motifs is 1. The van der Waals surface area contributed by atoms with E-state index in [9.17, 15) is 4.79 Å². The van der Waals surface area contributed by atoms with Crippen LogP contribution in [0.3, 0.4) is 0 Å². The van der Waals surface area contributed by atoms with E-state index in [4.69, 9.17) is 5.26 Å². The van der Waals surface area contributed by atoms with E-state index in [0.717, 1.165) is 23.3 Å². The van der Waals surface area contributed by atoms with Gasteiger partial charge in [-0.05, 0) is 63.1 Å². The molecule has 0 spiro atoms. The van der Waals surface area contributed by atoms with Gasteiger partial charge < -0.3 is 4.57 Å². The number of benzene rings is 1. The molecule has 1 heterocycles. The van der Waals surface area contributed by atoms with Crippen LogP contribution in [0.25, 0.3) is 11.0 Å². The lowest BCUT2D eigenvalue weighted by Gasteiger charge is -2.28. The lowest BCUT2D eigenvalue weighted by atomic mass is 9.92. The number of hydrogen-bond donors (Lipinski definition) is 0. The summed E-state index contributed by atoms with van der Waals surface area (Å²) >= 11 is 0. The molecule has 2 saturated carbocycles. The molecule has 4 nitrogen and oxygen atoms in total. The number of hydrogen-bond acceptors (Lipinski definition) is 3. The standard InChI is InChI=1S/C13H13N3.C7H12O/c1-9-15-12-6-5-10(8-14)7-13(12)16(9)11-3-2-4-11;1-5(8)6-4-7(6,2)3/h5-7,11H,2-4H2,1H3;6H,4H2,1-3H3. The van der Waals surface area contributed by atoms with Crippen LogP contribution in [0.15, 0.2) is 18.2 Å². The highest BCUT2D eigenvalue weighted by Crippen LogP contribution is 2.51. The summed E-state index contributed by atoms with van der Waals surface area (Å²) in [6, 6.07) is 8.51. The minimum atomic E-state index is 0.339. The summed E-state index contributed by atoms with van der Waals surface area (Å²) in [5, 5.41) is 8.92. The predicted octanol–water partition coefficient (Wildman–Crippen LogP) is 4.56. The SMILES string of the molecule is CC(=O)C1CC1(C)C.Cc1nc2ccc(C#N)cc2n1C1CCC1. The maximum Gasteiger partial charge on any atom is 0.133 e. The lowest BCUT2D eigenvalue weighted by Crippen LogP contribution is -2.17. The topological polar surface area (TPSA) is 58.7 Å². The molecule has 24 heavy (non-hydrogen) atoms. The number of carbonyl (C=O) groups excluding carboxylic acids is 1. The van der Waals surface area contributed by atoms with E-state index in [2.05, 4.69) is 29.5 Å². The van der Waals surface area contributed by atoms with Crippen molar-refractivity contribution in [2.45, 2.75) is 59.4 Å². The van der Waals surface area contributed by atoms with Gasteiger partial charge in [-0.2, -0.15) is 5.26 Å². The first kappa shape index (κ1) is 16.7. The van der Waals surface area contributed by atoms with Crippen LogP contribution in [0.4, 0.5) is 0 Å². The van der Waals surface area contributed by atoms with Crippen molar-refractivity contribution < 1.29 is 4.79 Å². The lowest BCUT2D eigenvalue weighted by molar-refractivity contribution is -0.118. The fraction of sp³-hybridized carbons (Fsp3) is 0.550. The number of nitriles is 1. The predicted molar refractivity (Wildman–Crippen MR) is 94.6 cm³/mol. The number of rotatable bonds is 2. The maximum atomic E-state index is 10.6. The van der Waals surface area contributed by atoms with Gasteiger partial charge in [0.05, 0.1) is 22.7 Å². The van der Waals surface area contributed by atoms with Crippen molar-refractivity contribution in [3.05, 3.63) is 29.6 Å². The number of ketones is 1. The van der Waals surface area contributed by atoms with E-state index >= 15 is 0 Å². The zero-order valence-corrected chi connectivity index (χ0v) is 15.0. The summed E-state index contributed by atoms with van der Waals surface area (Å²) in [6.07, 6.45) is 4.89. The fourth-order valence-electron chi connectivity index (χ4n) is 3.55. The summed E-state index contributed by atoms with van der Waals surface area (Å²) in [7, 11) is 0. The molecule has 2 fully saturated rings. The van der Waals surface area contributed by atoms with Gasteiger partial charge >= 0.3 is 0 Å². The largest absolute Gasteiger partial charge is 0.325 e. The molecule has 1 aromatic heterocycles. The molecule has 0 amide bonds. The first-order valence-electron chi connectivity index (χ1n) is 8.72. The van der Waals surface area contributed by atoms with Crippen LogP contribution in [-0.2, 0) is 4.79 Å². The average Bonchev–Trinajstić information content (AvgIpc) is 3.01. The second kappa shape index (κ2) is 6.05. The Hall–Kier alpha value is -2.15. The third kappa shape index (κ3) is 3.08.